The number of benzene rings is 2. The van der Waals surface area contributed by atoms with E-state index in [4.69, 9.17) is 10.8 Å². The smallest absolute Gasteiger partial charge is 0.243 e. The average molecular weight is 540 g/mol. The lowest BCUT2D eigenvalue weighted by molar-refractivity contribution is -0.131. The number of aromatic nitrogens is 3. The van der Waals surface area contributed by atoms with E-state index in [1.165, 1.54) is 17.7 Å². The summed E-state index contributed by atoms with van der Waals surface area (Å²) in [5, 5.41) is 16.7. The van der Waals surface area contributed by atoms with Crippen molar-refractivity contribution >= 4 is 11.8 Å². The number of carbonyl (C=O) groups excluding carboxylic acids is 2. The van der Waals surface area contributed by atoms with Crippen molar-refractivity contribution in [3.05, 3.63) is 95.9 Å². The number of aromatic hydroxyl groups is 1. The normalized spacial score (nSPS) is 12.2. The summed E-state index contributed by atoms with van der Waals surface area (Å²) < 4.78 is 1.96. The summed E-state index contributed by atoms with van der Waals surface area (Å²) in [5.41, 5.74) is 11.9. The number of phenolic OH excluding ortho intramolecular Hbond substituents is 1. The molecule has 0 saturated carbocycles. The molecule has 1 atom stereocenters. The summed E-state index contributed by atoms with van der Waals surface area (Å²) in [6.45, 7) is 6.57. The average Bonchev–Trinajstić information content (AvgIpc) is 3.36. The van der Waals surface area contributed by atoms with E-state index in [1.54, 1.807) is 24.5 Å². The van der Waals surface area contributed by atoms with Gasteiger partial charge in [-0.3, -0.25) is 19.9 Å². The van der Waals surface area contributed by atoms with Gasteiger partial charge >= 0.3 is 0 Å². The molecule has 2 aromatic heterocycles. The predicted molar refractivity (Wildman–Crippen MR) is 156 cm³/mol. The number of rotatable bonds is 10. The predicted octanol–water partition coefficient (Wildman–Crippen LogP) is 4.86. The molecule has 0 radical (unpaired) electrons. The van der Waals surface area contributed by atoms with E-state index < -0.39 is 11.9 Å². The Balaban J connectivity index is 1.36. The molecule has 0 saturated heterocycles. The Bertz CT molecular complexity index is 1420. The second kappa shape index (κ2) is 12.7. The van der Waals surface area contributed by atoms with Crippen molar-refractivity contribution < 1.29 is 14.7 Å². The van der Waals surface area contributed by atoms with Crippen molar-refractivity contribution in [2.75, 3.05) is 0 Å². The van der Waals surface area contributed by atoms with Gasteiger partial charge < -0.3 is 10.8 Å². The number of nitrogens with one attached hydrogen (secondary N) is 1. The molecule has 8 heteroatoms. The van der Waals surface area contributed by atoms with E-state index >= 15 is 0 Å². The van der Waals surface area contributed by atoms with Gasteiger partial charge in [0.2, 0.25) is 11.8 Å². The second-order valence-corrected chi connectivity index (χ2v) is 11.1. The maximum Gasteiger partial charge on any atom is 0.243 e. The number of phenols is 1. The summed E-state index contributed by atoms with van der Waals surface area (Å²) in [4.78, 5) is 29.0. The first-order valence-corrected chi connectivity index (χ1v) is 13.6. The van der Waals surface area contributed by atoms with Crippen LogP contribution in [0.15, 0.2) is 79.1 Å². The van der Waals surface area contributed by atoms with Crippen LogP contribution in [0.1, 0.15) is 56.9 Å². The quantitative estimate of drug-likeness (QED) is 0.247. The number of carbonyl (C=O) groups is 2. The zero-order valence-corrected chi connectivity index (χ0v) is 23.3. The highest BCUT2D eigenvalue weighted by Crippen LogP contribution is 2.26. The van der Waals surface area contributed by atoms with Gasteiger partial charge in [0.15, 0.2) is 0 Å². The summed E-state index contributed by atoms with van der Waals surface area (Å²) in [5.74, 6) is -0.698. The van der Waals surface area contributed by atoms with E-state index in [0.29, 0.717) is 6.42 Å². The number of unbranched alkanes of at least 4 members (excludes halogenated alkanes) is 1. The number of imide groups is 1. The highest BCUT2D eigenvalue weighted by atomic mass is 16.3. The van der Waals surface area contributed by atoms with Crippen molar-refractivity contribution in [1.29, 1.82) is 0 Å². The van der Waals surface area contributed by atoms with Crippen LogP contribution in [0.5, 0.6) is 5.75 Å². The SMILES string of the molecule is CC(C)(C)c1ccc(-n2nc(-c3cccnc3)cc2CCCCC(=O)NC(=O)[C@@H](N)Cc2ccc(O)cc2)cc1. The van der Waals surface area contributed by atoms with Crippen LogP contribution < -0.4 is 11.1 Å². The lowest BCUT2D eigenvalue weighted by Gasteiger charge is -2.19. The van der Waals surface area contributed by atoms with Crippen LogP contribution in [0.25, 0.3) is 16.9 Å². The Morgan fingerprint density at radius 3 is 2.40 bits per heavy atom. The summed E-state index contributed by atoms with van der Waals surface area (Å²) >= 11 is 0. The molecule has 208 valence electrons. The second-order valence-electron chi connectivity index (χ2n) is 11.1. The molecule has 0 aliphatic carbocycles. The minimum Gasteiger partial charge on any atom is -0.508 e. The lowest BCUT2D eigenvalue weighted by atomic mass is 9.87. The number of amides is 2. The summed E-state index contributed by atoms with van der Waals surface area (Å²) in [6.07, 6.45) is 6.12. The molecule has 8 nitrogen and oxygen atoms in total. The fraction of sp³-hybridized carbons (Fsp3) is 0.312. The number of nitrogens with zero attached hydrogens (tertiary/aromatic N) is 3. The zero-order valence-electron chi connectivity index (χ0n) is 23.3. The molecule has 0 spiro atoms. The van der Waals surface area contributed by atoms with Crippen LogP contribution in [0.2, 0.25) is 0 Å². The Morgan fingerprint density at radius 1 is 1.02 bits per heavy atom. The maximum atomic E-state index is 12.4. The fourth-order valence-electron chi connectivity index (χ4n) is 4.44. The van der Waals surface area contributed by atoms with Crippen molar-refractivity contribution in [1.82, 2.24) is 20.1 Å². The Morgan fingerprint density at radius 2 is 1.75 bits per heavy atom. The third-order valence-electron chi connectivity index (χ3n) is 6.80. The van der Waals surface area contributed by atoms with Crippen LogP contribution in [-0.2, 0) is 27.8 Å². The van der Waals surface area contributed by atoms with E-state index in [9.17, 15) is 14.7 Å². The van der Waals surface area contributed by atoms with E-state index in [1.807, 2.05) is 16.8 Å². The molecule has 2 aromatic carbocycles. The summed E-state index contributed by atoms with van der Waals surface area (Å²) in [6, 6.07) is 20.0. The number of pyridine rings is 1. The highest BCUT2D eigenvalue weighted by molar-refractivity contribution is 5.97. The molecule has 4 aromatic rings. The molecular weight excluding hydrogens is 502 g/mol. The molecule has 0 aliphatic rings. The third kappa shape index (κ3) is 7.64. The van der Waals surface area contributed by atoms with Gasteiger partial charge in [-0.15, -0.1) is 0 Å². The number of hydrogen-bond donors (Lipinski definition) is 3. The van der Waals surface area contributed by atoms with Gasteiger partial charge in [0.05, 0.1) is 17.4 Å². The van der Waals surface area contributed by atoms with Crippen LogP contribution in [-0.4, -0.2) is 37.7 Å². The monoisotopic (exact) mass is 539 g/mol. The minimum atomic E-state index is -0.849. The highest BCUT2D eigenvalue weighted by Gasteiger charge is 2.18. The van der Waals surface area contributed by atoms with Crippen LogP contribution in [0.3, 0.4) is 0 Å². The molecule has 0 bridgehead atoms. The molecule has 4 N–H and O–H groups in total. The first kappa shape index (κ1) is 28.7. The molecule has 0 fully saturated rings. The third-order valence-corrected chi connectivity index (χ3v) is 6.80. The van der Waals surface area contributed by atoms with Gasteiger partial charge in [0.25, 0.3) is 0 Å². The van der Waals surface area contributed by atoms with Crippen LogP contribution in [0.4, 0.5) is 0 Å². The molecule has 2 amide bonds. The first-order valence-electron chi connectivity index (χ1n) is 13.6. The van der Waals surface area contributed by atoms with Crippen molar-refractivity contribution in [3.63, 3.8) is 0 Å². The Hall–Kier alpha value is -4.30. The van der Waals surface area contributed by atoms with Crippen LogP contribution in [0, 0.1) is 0 Å². The minimum absolute atomic E-state index is 0.0593. The lowest BCUT2D eigenvalue weighted by Crippen LogP contribution is -2.44. The van der Waals surface area contributed by atoms with Gasteiger partial charge in [0.1, 0.15) is 5.75 Å². The van der Waals surface area contributed by atoms with E-state index in [2.05, 4.69) is 61.4 Å². The van der Waals surface area contributed by atoms with Crippen molar-refractivity contribution in [2.24, 2.45) is 5.73 Å². The Kier molecular flexibility index (Phi) is 9.11. The Labute approximate surface area is 235 Å². The van der Waals surface area contributed by atoms with Gasteiger partial charge in [0, 0.05) is 30.1 Å². The summed E-state index contributed by atoms with van der Waals surface area (Å²) in [7, 11) is 0. The first-order chi connectivity index (χ1) is 19.1. The van der Waals surface area contributed by atoms with E-state index in [-0.39, 0.29) is 29.9 Å². The number of hydrogen-bond acceptors (Lipinski definition) is 6. The standard InChI is InChI=1S/C32H37N5O3/c1-32(2,3)24-12-14-25(15-13-24)37-26(20-29(36-37)23-7-6-18-34-21-23)8-4-5-9-30(39)35-31(40)28(33)19-22-10-16-27(38)17-11-22/h6-7,10-18,20-21,28,38H,4-5,8-9,19,33H2,1-3H3,(H,35,39,40)/t28-/m0/s1. The van der Waals surface area contributed by atoms with Gasteiger partial charge in [-0.2, -0.15) is 5.10 Å². The molecule has 40 heavy (non-hydrogen) atoms. The molecule has 0 aliphatic heterocycles. The fourth-order valence-corrected chi connectivity index (χ4v) is 4.44. The molecule has 4 rings (SSSR count). The van der Waals surface area contributed by atoms with Crippen molar-refractivity contribution in [3.8, 4) is 22.7 Å². The van der Waals surface area contributed by atoms with Gasteiger partial charge in [-0.1, -0.05) is 45.0 Å². The van der Waals surface area contributed by atoms with Gasteiger partial charge in [-0.25, -0.2) is 4.68 Å². The van der Waals surface area contributed by atoms with Crippen molar-refractivity contribution in [2.45, 2.75) is 64.3 Å². The maximum absolute atomic E-state index is 12.4. The zero-order chi connectivity index (χ0) is 28.7. The molecular formula is C32H37N5O3. The van der Waals surface area contributed by atoms with Crippen LogP contribution >= 0.6 is 0 Å². The molecule has 0 unspecified atom stereocenters. The van der Waals surface area contributed by atoms with E-state index in [0.717, 1.165) is 41.0 Å². The largest absolute Gasteiger partial charge is 0.508 e. The molecule has 2 heterocycles. The van der Waals surface area contributed by atoms with Gasteiger partial charge in [-0.05, 0) is 84.7 Å². The topological polar surface area (TPSA) is 123 Å². The number of aryl methyl sites for hydroxylation is 1. The number of nitrogens with two attached hydrogens (primary N) is 1.